The molecular weight excluding hydrogens is 258 g/mol. The number of carbonyl (C=O) groups excluding carboxylic acids is 1. The maximum absolute atomic E-state index is 11.9. The Morgan fingerprint density at radius 3 is 2.20 bits per heavy atom. The molecule has 0 unspecified atom stereocenters. The van der Waals surface area contributed by atoms with Crippen LogP contribution in [0.15, 0.2) is 0 Å². The number of hydrogen-bond acceptors (Lipinski definition) is 7. The van der Waals surface area contributed by atoms with E-state index in [-0.39, 0.29) is 18.4 Å². The van der Waals surface area contributed by atoms with Crippen LogP contribution in [0.25, 0.3) is 0 Å². The molecule has 8 heteroatoms. The number of aromatic nitrogens is 3. The average molecular weight is 281 g/mol. The molecule has 1 heterocycles. The van der Waals surface area contributed by atoms with Gasteiger partial charge >= 0.3 is 0 Å². The summed E-state index contributed by atoms with van der Waals surface area (Å²) in [5, 5.41) is 0. The van der Waals surface area contributed by atoms with Crippen LogP contribution in [0, 0.1) is 0 Å². The maximum atomic E-state index is 11.9. The van der Waals surface area contributed by atoms with Gasteiger partial charge < -0.3 is 20.4 Å². The molecule has 112 valence electrons. The number of anilines is 3. The zero-order valence-electron chi connectivity index (χ0n) is 12.8. The first-order valence-electron chi connectivity index (χ1n) is 6.49. The number of nitrogen functional groups attached to an aromatic ring is 1. The van der Waals surface area contributed by atoms with Gasteiger partial charge in [0.05, 0.1) is 6.54 Å². The van der Waals surface area contributed by atoms with Gasteiger partial charge in [0.15, 0.2) is 0 Å². The Hall–Kier alpha value is -2.12. The molecule has 0 aliphatic heterocycles. The quantitative estimate of drug-likeness (QED) is 0.773. The van der Waals surface area contributed by atoms with Crippen LogP contribution in [0.1, 0.15) is 13.3 Å². The van der Waals surface area contributed by atoms with Gasteiger partial charge in [-0.05, 0) is 6.42 Å². The molecule has 8 nitrogen and oxygen atoms in total. The summed E-state index contributed by atoms with van der Waals surface area (Å²) in [5.74, 6) is 1.05. The number of nitrogens with zero attached hydrogens (tertiary/aromatic N) is 6. The third-order valence-corrected chi connectivity index (χ3v) is 2.63. The molecule has 0 atom stereocenters. The fraction of sp³-hybridized carbons (Fsp3) is 0.667. The lowest BCUT2D eigenvalue weighted by Crippen LogP contribution is -2.38. The highest BCUT2D eigenvalue weighted by molar-refractivity contribution is 5.80. The zero-order chi connectivity index (χ0) is 15.3. The Morgan fingerprint density at radius 2 is 1.70 bits per heavy atom. The Balaban J connectivity index is 3.04. The average Bonchev–Trinajstić information content (AvgIpc) is 2.37. The predicted molar refractivity (Wildman–Crippen MR) is 79.8 cm³/mol. The second kappa shape index (κ2) is 6.88. The summed E-state index contributed by atoms with van der Waals surface area (Å²) < 4.78 is 0. The van der Waals surface area contributed by atoms with E-state index in [9.17, 15) is 4.79 Å². The van der Waals surface area contributed by atoms with Crippen LogP contribution in [0.3, 0.4) is 0 Å². The Kier molecular flexibility index (Phi) is 5.48. The predicted octanol–water partition coefficient (Wildman–Crippen LogP) is -0.176. The van der Waals surface area contributed by atoms with Gasteiger partial charge in [0, 0.05) is 34.7 Å². The van der Waals surface area contributed by atoms with Crippen molar-refractivity contribution in [1.82, 2.24) is 19.9 Å². The summed E-state index contributed by atoms with van der Waals surface area (Å²) in [4.78, 5) is 29.5. The van der Waals surface area contributed by atoms with Crippen LogP contribution < -0.4 is 15.5 Å². The first kappa shape index (κ1) is 15.9. The van der Waals surface area contributed by atoms with E-state index in [0.717, 1.165) is 6.42 Å². The molecule has 1 amide bonds. The molecule has 2 N–H and O–H groups in total. The van der Waals surface area contributed by atoms with Gasteiger partial charge in [0.1, 0.15) is 0 Å². The second-order valence-corrected chi connectivity index (χ2v) is 4.90. The van der Waals surface area contributed by atoms with Crippen molar-refractivity contribution in [3.8, 4) is 0 Å². The normalized spacial score (nSPS) is 10.2. The van der Waals surface area contributed by atoms with Gasteiger partial charge in [-0.3, -0.25) is 4.79 Å². The van der Waals surface area contributed by atoms with Crippen molar-refractivity contribution >= 4 is 23.8 Å². The van der Waals surface area contributed by atoms with E-state index in [1.807, 2.05) is 25.9 Å². The smallest absolute Gasteiger partial charge is 0.241 e. The second-order valence-electron chi connectivity index (χ2n) is 4.90. The number of hydrogen-bond donors (Lipinski definition) is 1. The third-order valence-electron chi connectivity index (χ3n) is 2.63. The molecule has 0 radical (unpaired) electrons. The summed E-state index contributed by atoms with van der Waals surface area (Å²) in [6, 6.07) is 0. The van der Waals surface area contributed by atoms with Gasteiger partial charge in [-0.1, -0.05) is 6.92 Å². The number of rotatable bonds is 6. The van der Waals surface area contributed by atoms with Gasteiger partial charge in [-0.25, -0.2) is 0 Å². The first-order valence-corrected chi connectivity index (χ1v) is 6.49. The molecular formula is C12H23N7O. The summed E-state index contributed by atoms with van der Waals surface area (Å²) in [5.41, 5.74) is 5.71. The van der Waals surface area contributed by atoms with Crippen LogP contribution in [-0.4, -0.2) is 67.0 Å². The highest BCUT2D eigenvalue weighted by Gasteiger charge is 2.17. The molecule has 1 rings (SSSR count). The molecule has 0 fully saturated rings. The van der Waals surface area contributed by atoms with Gasteiger partial charge in [-0.2, -0.15) is 15.0 Å². The molecule has 20 heavy (non-hydrogen) atoms. The maximum Gasteiger partial charge on any atom is 0.241 e. The van der Waals surface area contributed by atoms with E-state index in [2.05, 4.69) is 15.0 Å². The SMILES string of the molecule is CCCN(CC(=O)N(C)C)c1nc(N)nc(N(C)C)n1. The highest BCUT2D eigenvalue weighted by Crippen LogP contribution is 2.14. The molecule has 0 saturated carbocycles. The molecule has 0 aliphatic rings. The topological polar surface area (TPSA) is 91.5 Å². The van der Waals surface area contributed by atoms with E-state index in [1.165, 1.54) is 0 Å². The van der Waals surface area contributed by atoms with E-state index in [1.54, 1.807) is 23.9 Å². The standard InChI is InChI=1S/C12H23N7O/c1-6-7-19(8-9(20)17(2)3)12-15-10(13)14-11(16-12)18(4)5/h6-8H2,1-5H3,(H2,13,14,15,16). The van der Waals surface area contributed by atoms with E-state index < -0.39 is 0 Å². The van der Waals surface area contributed by atoms with E-state index >= 15 is 0 Å². The van der Waals surface area contributed by atoms with Gasteiger partial charge in [0.25, 0.3) is 0 Å². The molecule has 0 saturated heterocycles. The molecule has 0 bridgehead atoms. The lowest BCUT2D eigenvalue weighted by Gasteiger charge is -2.24. The Bertz CT molecular complexity index is 461. The minimum Gasteiger partial charge on any atom is -0.368 e. The van der Waals surface area contributed by atoms with Crippen LogP contribution in [0.5, 0.6) is 0 Å². The minimum atomic E-state index is -0.0103. The van der Waals surface area contributed by atoms with Crippen molar-refractivity contribution < 1.29 is 4.79 Å². The van der Waals surface area contributed by atoms with Crippen molar-refractivity contribution in [3.05, 3.63) is 0 Å². The highest BCUT2D eigenvalue weighted by atomic mass is 16.2. The van der Waals surface area contributed by atoms with Crippen molar-refractivity contribution in [1.29, 1.82) is 0 Å². The van der Waals surface area contributed by atoms with Crippen molar-refractivity contribution in [2.24, 2.45) is 0 Å². The molecule has 0 aromatic carbocycles. The summed E-state index contributed by atoms with van der Waals surface area (Å²) in [6.07, 6.45) is 0.879. The summed E-state index contributed by atoms with van der Waals surface area (Å²) >= 11 is 0. The number of amides is 1. The molecule has 1 aromatic rings. The monoisotopic (exact) mass is 281 g/mol. The van der Waals surface area contributed by atoms with Crippen molar-refractivity contribution in [3.63, 3.8) is 0 Å². The van der Waals surface area contributed by atoms with Gasteiger partial charge in [-0.15, -0.1) is 0 Å². The van der Waals surface area contributed by atoms with E-state index in [0.29, 0.717) is 18.4 Å². The number of nitrogens with two attached hydrogens (primary N) is 1. The first-order chi connectivity index (χ1) is 9.35. The lowest BCUT2D eigenvalue weighted by molar-refractivity contribution is -0.127. The number of carbonyl (C=O) groups is 1. The van der Waals surface area contributed by atoms with E-state index in [4.69, 9.17) is 5.73 Å². The molecule has 1 aromatic heterocycles. The van der Waals surface area contributed by atoms with Crippen LogP contribution in [0.4, 0.5) is 17.8 Å². The van der Waals surface area contributed by atoms with Crippen LogP contribution in [0.2, 0.25) is 0 Å². The number of likely N-dealkylation sites (N-methyl/N-ethyl adjacent to an activating group) is 1. The lowest BCUT2D eigenvalue weighted by atomic mass is 10.4. The summed E-state index contributed by atoms with van der Waals surface area (Å²) in [7, 11) is 7.10. The van der Waals surface area contributed by atoms with Gasteiger partial charge in [0.2, 0.25) is 23.8 Å². The molecule has 0 spiro atoms. The Morgan fingerprint density at radius 1 is 1.10 bits per heavy atom. The summed E-state index contributed by atoms with van der Waals surface area (Å²) in [6.45, 7) is 2.93. The van der Waals surface area contributed by atoms with Crippen LogP contribution in [-0.2, 0) is 4.79 Å². The van der Waals surface area contributed by atoms with Crippen molar-refractivity contribution in [2.75, 3.05) is 56.8 Å². The van der Waals surface area contributed by atoms with Crippen LogP contribution >= 0.6 is 0 Å². The zero-order valence-corrected chi connectivity index (χ0v) is 12.8. The third kappa shape index (κ3) is 4.22. The fourth-order valence-corrected chi connectivity index (χ4v) is 1.54. The fourth-order valence-electron chi connectivity index (χ4n) is 1.54. The largest absolute Gasteiger partial charge is 0.368 e. The molecule has 0 aliphatic carbocycles. The minimum absolute atomic E-state index is 0.0103. The van der Waals surface area contributed by atoms with Crippen molar-refractivity contribution in [2.45, 2.75) is 13.3 Å². The Labute approximate surface area is 119 Å².